The highest BCUT2D eigenvalue weighted by atomic mass is 16.5. The van der Waals surface area contributed by atoms with Crippen molar-refractivity contribution >= 4 is 5.69 Å². The van der Waals surface area contributed by atoms with Gasteiger partial charge in [-0.25, -0.2) is 0 Å². The molecule has 0 spiro atoms. The Morgan fingerprint density at radius 3 is 2.53 bits per heavy atom. The number of nitrogens with one attached hydrogen (secondary N) is 1. The van der Waals surface area contributed by atoms with Crippen molar-refractivity contribution in [3.63, 3.8) is 0 Å². The lowest BCUT2D eigenvalue weighted by Gasteiger charge is -2.07. The van der Waals surface area contributed by atoms with Crippen LogP contribution in [-0.2, 0) is 6.61 Å². The maximum Gasteiger partial charge on any atom is 0.130 e. The highest BCUT2D eigenvalue weighted by Gasteiger charge is 1.97. The number of rotatable bonds is 4. The third kappa shape index (κ3) is 3.21. The van der Waals surface area contributed by atoms with Gasteiger partial charge in [0.2, 0.25) is 0 Å². The van der Waals surface area contributed by atoms with Gasteiger partial charge < -0.3 is 10.1 Å². The highest BCUT2D eigenvalue weighted by molar-refractivity contribution is 5.45. The molecule has 1 aromatic heterocycles. The van der Waals surface area contributed by atoms with Crippen molar-refractivity contribution in [2.24, 2.45) is 0 Å². The Bertz CT molecular complexity index is 480. The molecule has 88 valence electrons. The van der Waals surface area contributed by atoms with Gasteiger partial charge in [-0.1, -0.05) is 6.07 Å². The molecule has 0 fully saturated rings. The molecule has 0 unspecified atom stereocenters. The maximum absolute atomic E-state index is 5.66. The van der Waals surface area contributed by atoms with Gasteiger partial charge in [0, 0.05) is 18.4 Å². The second-order valence-electron chi connectivity index (χ2n) is 3.83. The van der Waals surface area contributed by atoms with E-state index in [1.807, 2.05) is 56.4 Å². The average molecular weight is 228 g/mol. The molecule has 1 aromatic carbocycles. The number of hydrogen-bond donors (Lipinski definition) is 1. The van der Waals surface area contributed by atoms with Crippen molar-refractivity contribution < 1.29 is 4.74 Å². The van der Waals surface area contributed by atoms with Crippen molar-refractivity contribution in [2.45, 2.75) is 13.5 Å². The molecular formula is C14H16N2O. The summed E-state index contributed by atoms with van der Waals surface area (Å²) in [4.78, 5) is 4.38. The van der Waals surface area contributed by atoms with Crippen LogP contribution in [0, 0.1) is 6.92 Å². The molecule has 3 nitrogen and oxygen atoms in total. The number of hydrogen-bond acceptors (Lipinski definition) is 3. The van der Waals surface area contributed by atoms with Gasteiger partial charge in [0.05, 0.1) is 5.69 Å². The predicted molar refractivity (Wildman–Crippen MR) is 69.3 cm³/mol. The fourth-order valence-electron chi connectivity index (χ4n) is 1.55. The minimum Gasteiger partial charge on any atom is -0.487 e. The van der Waals surface area contributed by atoms with Crippen LogP contribution in [0.15, 0.2) is 42.5 Å². The molecule has 0 aliphatic heterocycles. The van der Waals surface area contributed by atoms with E-state index < -0.39 is 0 Å². The predicted octanol–water partition coefficient (Wildman–Crippen LogP) is 3.01. The first-order chi connectivity index (χ1) is 8.28. The molecule has 0 aliphatic rings. The molecular weight excluding hydrogens is 212 g/mol. The first-order valence-electron chi connectivity index (χ1n) is 5.61. The van der Waals surface area contributed by atoms with Crippen LogP contribution in [0.1, 0.15) is 11.4 Å². The second-order valence-corrected chi connectivity index (χ2v) is 3.83. The SMILES string of the molecule is CNc1ccc(OCc2cccc(C)n2)cc1. The molecule has 0 saturated carbocycles. The minimum atomic E-state index is 0.501. The summed E-state index contributed by atoms with van der Waals surface area (Å²) in [5.41, 5.74) is 3.03. The Kier molecular flexibility index (Phi) is 3.60. The van der Waals surface area contributed by atoms with Crippen LogP contribution in [-0.4, -0.2) is 12.0 Å². The Morgan fingerprint density at radius 1 is 1.12 bits per heavy atom. The summed E-state index contributed by atoms with van der Waals surface area (Å²) in [5.74, 6) is 0.854. The summed E-state index contributed by atoms with van der Waals surface area (Å²) < 4.78 is 5.66. The smallest absolute Gasteiger partial charge is 0.130 e. The Morgan fingerprint density at radius 2 is 1.88 bits per heavy atom. The molecule has 0 bridgehead atoms. The monoisotopic (exact) mass is 228 g/mol. The number of anilines is 1. The van der Waals surface area contributed by atoms with E-state index in [4.69, 9.17) is 4.74 Å². The summed E-state index contributed by atoms with van der Waals surface area (Å²) in [6.45, 7) is 2.48. The molecule has 0 radical (unpaired) electrons. The second kappa shape index (κ2) is 5.34. The first-order valence-corrected chi connectivity index (χ1v) is 5.61. The zero-order valence-corrected chi connectivity index (χ0v) is 10.1. The third-order valence-electron chi connectivity index (χ3n) is 2.48. The minimum absolute atomic E-state index is 0.501. The molecule has 17 heavy (non-hydrogen) atoms. The van der Waals surface area contributed by atoms with Crippen molar-refractivity contribution in [1.82, 2.24) is 4.98 Å². The summed E-state index contributed by atoms with van der Waals surface area (Å²) in [6.07, 6.45) is 0. The molecule has 0 atom stereocenters. The first kappa shape index (κ1) is 11.5. The Hall–Kier alpha value is -2.03. The average Bonchev–Trinajstić information content (AvgIpc) is 2.37. The van der Waals surface area contributed by atoms with E-state index in [0.717, 1.165) is 22.8 Å². The number of benzene rings is 1. The molecule has 1 N–H and O–H groups in total. The van der Waals surface area contributed by atoms with Crippen molar-refractivity contribution in [3.05, 3.63) is 53.9 Å². The van der Waals surface area contributed by atoms with Crippen LogP contribution in [0.25, 0.3) is 0 Å². The van der Waals surface area contributed by atoms with Crippen molar-refractivity contribution in [3.8, 4) is 5.75 Å². The quantitative estimate of drug-likeness (QED) is 0.873. The number of aryl methyl sites for hydroxylation is 1. The third-order valence-corrected chi connectivity index (χ3v) is 2.48. The normalized spacial score (nSPS) is 10.0. The van der Waals surface area contributed by atoms with Crippen LogP contribution in [0.3, 0.4) is 0 Å². The number of aromatic nitrogens is 1. The number of nitrogens with zero attached hydrogens (tertiary/aromatic N) is 1. The highest BCUT2D eigenvalue weighted by Crippen LogP contribution is 2.16. The maximum atomic E-state index is 5.66. The van der Waals surface area contributed by atoms with E-state index in [0.29, 0.717) is 6.61 Å². The van der Waals surface area contributed by atoms with E-state index in [9.17, 15) is 0 Å². The summed E-state index contributed by atoms with van der Waals surface area (Å²) in [7, 11) is 1.90. The van der Waals surface area contributed by atoms with E-state index in [1.165, 1.54) is 0 Å². The summed E-state index contributed by atoms with van der Waals surface area (Å²) in [5, 5.41) is 3.07. The van der Waals surface area contributed by atoms with E-state index in [1.54, 1.807) is 0 Å². The van der Waals surface area contributed by atoms with Crippen LogP contribution in [0.4, 0.5) is 5.69 Å². The van der Waals surface area contributed by atoms with Gasteiger partial charge in [0.15, 0.2) is 0 Å². The van der Waals surface area contributed by atoms with E-state index in [2.05, 4.69) is 10.3 Å². The van der Waals surface area contributed by atoms with Gasteiger partial charge in [0.25, 0.3) is 0 Å². The summed E-state index contributed by atoms with van der Waals surface area (Å²) in [6, 6.07) is 13.8. The van der Waals surface area contributed by atoms with Crippen LogP contribution in [0.5, 0.6) is 5.75 Å². The molecule has 2 aromatic rings. The van der Waals surface area contributed by atoms with Crippen LogP contribution >= 0.6 is 0 Å². The fraction of sp³-hybridized carbons (Fsp3) is 0.214. The van der Waals surface area contributed by atoms with Gasteiger partial charge >= 0.3 is 0 Å². The van der Waals surface area contributed by atoms with Gasteiger partial charge in [-0.2, -0.15) is 0 Å². The van der Waals surface area contributed by atoms with E-state index in [-0.39, 0.29) is 0 Å². The Balaban J connectivity index is 1.97. The lowest BCUT2D eigenvalue weighted by atomic mass is 10.3. The van der Waals surface area contributed by atoms with E-state index >= 15 is 0 Å². The molecule has 1 heterocycles. The fourth-order valence-corrected chi connectivity index (χ4v) is 1.55. The van der Waals surface area contributed by atoms with Crippen molar-refractivity contribution in [1.29, 1.82) is 0 Å². The zero-order valence-electron chi connectivity index (χ0n) is 10.1. The largest absolute Gasteiger partial charge is 0.487 e. The van der Waals surface area contributed by atoms with Crippen LogP contribution in [0.2, 0.25) is 0 Å². The molecule has 2 rings (SSSR count). The lowest BCUT2D eigenvalue weighted by Crippen LogP contribution is -1.99. The van der Waals surface area contributed by atoms with Crippen LogP contribution < -0.4 is 10.1 Å². The molecule has 0 aliphatic carbocycles. The molecule has 0 saturated heterocycles. The number of pyridine rings is 1. The van der Waals surface area contributed by atoms with Gasteiger partial charge in [-0.05, 0) is 43.3 Å². The number of ether oxygens (including phenoxy) is 1. The van der Waals surface area contributed by atoms with Crippen molar-refractivity contribution in [2.75, 3.05) is 12.4 Å². The topological polar surface area (TPSA) is 34.1 Å². The molecule has 0 amide bonds. The van der Waals surface area contributed by atoms with Gasteiger partial charge in [-0.15, -0.1) is 0 Å². The molecule has 3 heteroatoms. The zero-order chi connectivity index (χ0) is 12.1. The lowest BCUT2D eigenvalue weighted by molar-refractivity contribution is 0.301. The standard InChI is InChI=1S/C14H16N2O/c1-11-4-3-5-13(16-11)10-17-14-8-6-12(15-2)7-9-14/h3-9,15H,10H2,1-2H3. The summed E-state index contributed by atoms with van der Waals surface area (Å²) >= 11 is 0. The Labute approximate surface area is 101 Å². The van der Waals surface area contributed by atoms with Gasteiger partial charge in [-0.3, -0.25) is 4.98 Å². The van der Waals surface area contributed by atoms with Gasteiger partial charge in [0.1, 0.15) is 12.4 Å².